The summed E-state index contributed by atoms with van der Waals surface area (Å²) in [5.41, 5.74) is 2.56. The standard InChI is InChI=1S/C30H44N4O4S/c1-3-31-25-19-24(20-26(21-25)34-16-10-11-17-39(34,37)38)29(36)33-27(18-23-12-6-4-7-13-23)28(35)22-32-30(2)14-8-5-9-15-30/h4,6-7,12-13,19-21,27-28,31-32,35H,3,5,8-11,14-18,22H2,1-2H3,(H,33,36)/t27-,28+/m0/s1. The lowest BCUT2D eigenvalue weighted by Crippen LogP contribution is -2.53. The molecule has 2 aromatic rings. The van der Waals surface area contributed by atoms with Gasteiger partial charge in [-0.05, 0) is 69.7 Å². The van der Waals surface area contributed by atoms with E-state index in [2.05, 4.69) is 22.9 Å². The van der Waals surface area contributed by atoms with Gasteiger partial charge in [0.1, 0.15) is 0 Å². The molecule has 2 atom stereocenters. The van der Waals surface area contributed by atoms with E-state index in [1.54, 1.807) is 18.2 Å². The molecule has 4 rings (SSSR count). The summed E-state index contributed by atoms with van der Waals surface area (Å²) in [4.78, 5) is 13.6. The molecule has 214 valence electrons. The summed E-state index contributed by atoms with van der Waals surface area (Å²) in [5.74, 6) is -0.230. The van der Waals surface area contributed by atoms with Gasteiger partial charge in [0.2, 0.25) is 10.0 Å². The molecule has 1 amide bonds. The summed E-state index contributed by atoms with van der Waals surface area (Å²) < 4.78 is 27.0. The molecule has 39 heavy (non-hydrogen) atoms. The predicted molar refractivity (Wildman–Crippen MR) is 158 cm³/mol. The number of hydrogen-bond acceptors (Lipinski definition) is 6. The number of sulfonamides is 1. The van der Waals surface area contributed by atoms with Crippen molar-refractivity contribution in [3.8, 4) is 0 Å². The Kier molecular flexibility index (Phi) is 9.91. The number of aliphatic hydroxyl groups excluding tert-OH is 1. The molecule has 1 aliphatic carbocycles. The summed E-state index contributed by atoms with van der Waals surface area (Å²) in [7, 11) is -3.43. The molecular weight excluding hydrogens is 512 g/mol. The Bertz CT molecular complexity index is 1200. The van der Waals surface area contributed by atoms with Gasteiger partial charge in [0.05, 0.1) is 23.6 Å². The zero-order valence-corrected chi connectivity index (χ0v) is 24.1. The summed E-state index contributed by atoms with van der Waals surface area (Å²) in [6, 6.07) is 14.5. The summed E-state index contributed by atoms with van der Waals surface area (Å²) in [6.45, 7) is 5.58. The third kappa shape index (κ3) is 7.96. The van der Waals surface area contributed by atoms with E-state index in [1.165, 1.54) is 23.6 Å². The Morgan fingerprint density at radius 1 is 1.05 bits per heavy atom. The third-order valence-corrected chi connectivity index (χ3v) is 9.84. The number of nitrogens with zero attached hydrogens (tertiary/aromatic N) is 1. The topological polar surface area (TPSA) is 111 Å². The van der Waals surface area contributed by atoms with Crippen molar-refractivity contribution >= 4 is 27.3 Å². The fraction of sp³-hybridized carbons (Fsp3) is 0.567. The van der Waals surface area contributed by atoms with Crippen molar-refractivity contribution in [2.75, 3.05) is 35.0 Å². The fourth-order valence-electron chi connectivity index (χ4n) is 5.68. The molecule has 9 heteroatoms. The summed E-state index contributed by atoms with van der Waals surface area (Å²) in [5, 5.41) is 21.2. The van der Waals surface area contributed by atoms with Gasteiger partial charge < -0.3 is 21.1 Å². The molecule has 0 aromatic heterocycles. The second-order valence-electron chi connectivity index (χ2n) is 11.2. The Labute approximate surface area is 233 Å². The van der Waals surface area contributed by atoms with Crippen LogP contribution in [0.25, 0.3) is 0 Å². The maximum atomic E-state index is 13.6. The molecule has 0 bridgehead atoms. The van der Waals surface area contributed by atoms with Crippen molar-refractivity contribution in [2.45, 2.75) is 82.9 Å². The minimum atomic E-state index is -3.43. The van der Waals surface area contributed by atoms with Gasteiger partial charge >= 0.3 is 0 Å². The average molecular weight is 557 g/mol. The number of hydrogen-bond donors (Lipinski definition) is 4. The minimum Gasteiger partial charge on any atom is -0.390 e. The van der Waals surface area contributed by atoms with Crippen LogP contribution in [0.5, 0.6) is 0 Å². The van der Waals surface area contributed by atoms with Crippen LogP contribution < -0.4 is 20.3 Å². The van der Waals surface area contributed by atoms with Gasteiger partial charge in [0, 0.05) is 36.4 Å². The molecule has 1 saturated heterocycles. The molecule has 1 aliphatic heterocycles. The van der Waals surface area contributed by atoms with E-state index in [9.17, 15) is 18.3 Å². The highest BCUT2D eigenvalue weighted by atomic mass is 32.2. The first-order valence-corrected chi connectivity index (χ1v) is 16.0. The van der Waals surface area contributed by atoms with Gasteiger partial charge in [-0.3, -0.25) is 9.10 Å². The second-order valence-corrected chi connectivity index (χ2v) is 13.2. The number of carbonyl (C=O) groups is 1. The monoisotopic (exact) mass is 556 g/mol. The maximum absolute atomic E-state index is 13.6. The molecule has 0 spiro atoms. The quantitative estimate of drug-likeness (QED) is 0.332. The van der Waals surface area contributed by atoms with Gasteiger partial charge in [0.15, 0.2) is 0 Å². The van der Waals surface area contributed by atoms with Gasteiger partial charge in [-0.1, -0.05) is 49.6 Å². The highest BCUT2D eigenvalue weighted by Crippen LogP contribution is 2.29. The number of nitrogens with one attached hydrogen (secondary N) is 3. The van der Waals surface area contributed by atoms with Gasteiger partial charge in [-0.2, -0.15) is 0 Å². The zero-order chi connectivity index (χ0) is 27.9. The molecule has 2 fully saturated rings. The van der Waals surface area contributed by atoms with E-state index in [-0.39, 0.29) is 17.2 Å². The molecule has 0 unspecified atom stereocenters. The first kappa shape index (κ1) is 29.4. The van der Waals surface area contributed by atoms with Crippen LogP contribution in [0.1, 0.15) is 74.7 Å². The molecular formula is C30H44N4O4S. The predicted octanol–water partition coefficient (Wildman–Crippen LogP) is 4.06. The van der Waals surface area contributed by atoms with Crippen molar-refractivity contribution in [1.82, 2.24) is 10.6 Å². The van der Waals surface area contributed by atoms with E-state index in [0.717, 1.165) is 24.8 Å². The first-order valence-electron chi connectivity index (χ1n) is 14.4. The van der Waals surface area contributed by atoms with Crippen molar-refractivity contribution in [3.05, 3.63) is 59.7 Å². The largest absolute Gasteiger partial charge is 0.390 e. The fourth-order valence-corrected chi connectivity index (χ4v) is 7.30. The summed E-state index contributed by atoms with van der Waals surface area (Å²) >= 11 is 0. The van der Waals surface area contributed by atoms with Crippen molar-refractivity contribution in [3.63, 3.8) is 0 Å². The summed E-state index contributed by atoms with van der Waals surface area (Å²) in [6.07, 6.45) is 6.87. The third-order valence-electron chi connectivity index (χ3n) is 7.97. The first-order chi connectivity index (χ1) is 18.7. The van der Waals surface area contributed by atoms with Gasteiger partial charge in [-0.25, -0.2) is 8.42 Å². The number of carbonyl (C=O) groups excluding carboxylic acids is 1. The number of rotatable bonds is 11. The SMILES string of the molecule is CCNc1cc(C(=O)N[C@@H](Cc2ccccc2)[C@H](O)CNC2(C)CCCCC2)cc(N2CCCCS2(=O)=O)c1. The van der Waals surface area contributed by atoms with Gasteiger partial charge in [-0.15, -0.1) is 0 Å². The molecule has 4 N–H and O–H groups in total. The van der Waals surface area contributed by atoms with E-state index in [1.807, 2.05) is 37.3 Å². The Hall–Kier alpha value is -2.62. The molecule has 2 aliphatic rings. The van der Waals surface area contributed by atoms with Crippen LogP contribution in [0.2, 0.25) is 0 Å². The number of amides is 1. The molecule has 1 saturated carbocycles. The molecule has 0 radical (unpaired) electrons. The van der Waals surface area contributed by atoms with E-state index in [0.29, 0.717) is 49.4 Å². The van der Waals surface area contributed by atoms with Crippen LogP contribution >= 0.6 is 0 Å². The number of β-amino-alcohol motifs (C(OH)–C–C–N with tert-alkyl or cyclic N) is 1. The second kappa shape index (κ2) is 13.2. The van der Waals surface area contributed by atoms with Crippen molar-refractivity contribution in [2.24, 2.45) is 0 Å². The van der Waals surface area contributed by atoms with Crippen molar-refractivity contribution in [1.29, 1.82) is 0 Å². The van der Waals surface area contributed by atoms with E-state index < -0.39 is 22.2 Å². The number of aliphatic hydroxyl groups is 1. The van der Waals surface area contributed by atoms with Crippen LogP contribution in [-0.2, 0) is 16.4 Å². The van der Waals surface area contributed by atoms with Crippen LogP contribution in [0.15, 0.2) is 48.5 Å². The Morgan fingerprint density at radius 3 is 2.49 bits per heavy atom. The van der Waals surface area contributed by atoms with Crippen molar-refractivity contribution < 1.29 is 18.3 Å². The van der Waals surface area contributed by atoms with Crippen LogP contribution in [0, 0.1) is 0 Å². The molecule has 8 nitrogen and oxygen atoms in total. The zero-order valence-electron chi connectivity index (χ0n) is 23.3. The normalized spacial score (nSPS) is 20.1. The van der Waals surface area contributed by atoms with E-state index in [4.69, 9.17) is 0 Å². The van der Waals surface area contributed by atoms with Gasteiger partial charge in [0.25, 0.3) is 5.91 Å². The number of benzene rings is 2. The highest BCUT2D eigenvalue weighted by molar-refractivity contribution is 7.92. The lowest BCUT2D eigenvalue weighted by atomic mass is 9.83. The Balaban J connectivity index is 1.56. The Morgan fingerprint density at radius 2 is 1.79 bits per heavy atom. The van der Waals surface area contributed by atoms with Crippen LogP contribution in [0.4, 0.5) is 11.4 Å². The van der Waals surface area contributed by atoms with Crippen LogP contribution in [0.3, 0.4) is 0 Å². The molecule has 2 aromatic carbocycles. The lowest BCUT2D eigenvalue weighted by Gasteiger charge is -2.36. The maximum Gasteiger partial charge on any atom is 0.251 e. The minimum absolute atomic E-state index is 0.00444. The van der Waals surface area contributed by atoms with Crippen LogP contribution in [-0.4, -0.2) is 62.5 Å². The smallest absolute Gasteiger partial charge is 0.251 e. The van der Waals surface area contributed by atoms with E-state index >= 15 is 0 Å². The molecule has 1 heterocycles. The average Bonchev–Trinajstić information content (AvgIpc) is 2.92. The lowest BCUT2D eigenvalue weighted by molar-refractivity contribution is 0.0799. The highest BCUT2D eigenvalue weighted by Gasteiger charge is 2.30. The number of anilines is 2.